The Labute approximate surface area is 218 Å². The predicted molar refractivity (Wildman–Crippen MR) is 133 cm³/mol. The standard InChI is InChI=1S/C25H30F3N3O6S/c1-23(2,3)37-22(33)30-19-11-13-38(35,31-21(19)32)14-12-24(34,25(26,27)28)20-10-9-18(15-29-20)36-16-17-7-5-4-6-8-17/h4-10,15,19,34H,11-14,16H2,1-3H3,(H,30,33)/t19-,24?,38?/m0/s1. The van der Waals surface area contributed by atoms with Crippen molar-refractivity contribution in [1.29, 1.82) is 0 Å². The van der Waals surface area contributed by atoms with E-state index in [2.05, 4.69) is 14.7 Å². The Morgan fingerprint density at radius 2 is 1.84 bits per heavy atom. The quantitative estimate of drug-likeness (QED) is 0.501. The molecular weight excluding hydrogens is 527 g/mol. The second kappa shape index (κ2) is 11.3. The molecule has 1 aliphatic heterocycles. The highest BCUT2D eigenvalue weighted by Gasteiger charge is 2.56. The van der Waals surface area contributed by atoms with Gasteiger partial charge in [-0.25, -0.2) is 9.00 Å². The summed E-state index contributed by atoms with van der Waals surface area (Å²) in [6.45, 7) is 5.07. The highest BCUT2D eigenvalue weighted by Crippen LogP contribution is 2.41. The van der Waals surface area contributed by atoms with Gasteiger partial charge in [-0.15, -0.1) is 0 Å². The molecule has 0 saturated heterocycles. The number of amides is 2. The second-order valence-corrected chi connectivity index (χ2v) is 12.4. The molecule has 0 radical (unpaired) electrons. The van der Waals surface area contributed by atoms with Gasteiger partial charge in [-0.05, 0) is 44.9 Å². The van der Waals surface area contributed by atoms with E-state index in [0.717, 1.165) is 17.8 Å². The summed E-state index contributed by atoms with van der Waals surface area (Å²) >= 11 is 0. The fraction of sp³-hybridized carbons (Fsp3) is 0.480. The van der Waals surface area contributed by atoms with Gasteiger partial charge in [-0.2, -0.15) is 17.5 Å². The van der Waals surface area contributed by atoms with Gasteiger partial charge in [0.05, 0.1) is 21.6 Å². The number of ether oxygens (including phenoxy) is 2. The molecule has 1 aromatic heterocycles. The molecule has 2 aromatic rings. The van der Waals surface area contributed by atoms with E-state index in [1.807, 2.05) is 30.3 Å². The van der Waals surface area contributed by atoms with E-state index in [4.69, 9.17) is 9.47 Å². The molecule has 0 aliphatic carbocycles. The van der Waals surface area contributed by atoms with E-state index in [-0.39, 0.29) is 24.5 Å². The summed E-state index contributed by atoms with van der Waals surface area (Å²) in [6, 6.07) is 10.3. The fourth-order valence-electron chi connectivity index (χ4n) is 3.60. The Balaban J connectivity index is 1.69. The number of nitrogens with zero attached hydrogens (tertiary/aromatic N) is 2. The van der Waals surface area contributed by atoms with Crippen molar-refractivity contribution in [2.45, 2.75) is 63.6 Å². The van der Waals surface area contributed by atoms with Crippen LogP contribution in [0.25, 0.3) is 0 Å². The van der Waals surface area contributed by atoms with Crippen LogP contribution in [0.4, 0.5) is 18.0 Å². The normalized spacial score (nSPS) is 21.7. The molecule has 3 atom stereocenters. The number of benzene rings is 1. The summed E-state index contributed by atoms with van der Waals surface area (Å²) in [5.41, 5.74) is -4.10. The number of hydrogen-bond acceptors (Lipinski definition) is 7. The zero-order chi connectivity index (χ0) is 28.2. The summed E-state index contributed by atoms with van der Waals surface area (Å²) < 4.78 is 69.3. The van der Waals surface area contributed by atoms with Gasteiger partial charge in [0, 0.05) is 17.9 Å². The lowest BCUT2D eigenvalue weighted by Gasteiger charge is -2.31. The smallest absolute Gasteiger partial charge is 0.423 e. The third-order valence-corrected chi connectivity index (χ3v) is 7.86. The average Bonchev–Trinajstić information content (AvgIpc) is 2.82. The van der Waals surface area contributed by atoms with E-state index < -0.39 is 63.0 Å². The van der Waals surface area contributed by atoms with Crippen molar-refractivity contribution in [2.24, 2.45) is 4.36 Å². The molecule has 1 aromatic carbocycles. The van der Waals surface area contributed by atoms with Crippen molar-refractivity contribution in [2.75, 3.05) is 11.5 Å². The highest BCUT2D eigenvalue weighted by atomic mass is 32.2. The van der Waals surface area contributed by atoms with Crippen LogP contribution in [0.15, 0.2) is 53.0 Å². The number of aromatic nitrogens is 1. The maximum absolute atomic E-state index is 14.0. The third-order valence-electron chi connectivity index (χ3n) is 5.63. The number of nitrogens with one attached hydrogen (secondary N) is 1. The average molecular weight is 558 g/mol. The first-order chi connectivity index (χ1) is 17.6. The summed E-state index contributed by atoms with van der Waals surface area (Å²) in [5.74, 6) is -1.68. The molecule has 3 rings (SSSR count). The lowest BCUT2D eigenvalue weighted by molar-refractivity contribution is -0.268. The summed E-state index contributed by atoms with van der Waals surface area (Å²) in [5, 5.41) is 13.0. The number of alkyl carbamates (subject to hydrolysis) is 1. The van der Waals surface area contributed by atoms with Gasteiger partial charge in [-0.1, -0.05) is 30.3 Å². The van der Waals surface area contributed by atoms with E-state index in [9.17, 15) is 32.1 Å². The van der Waals surface area contributed by atoms with Gasteiger partial charge >= 0.3 is 12.3 Å². The van der Waals surface area contributed by atoms with E-state index in [1.165, 1.54) is 6.07 Å². The van der Waals surface area contributed by atoms with Gasteiger partial charge in [0.25, 0.3) is 5.91 Å². The van der Waals surface area contributed by atoms with Crippen LogP contribution < -0.4 is 10.1 Å². The Kier molecular flexibility index (Phi) is 8.72. The number of carbonyl (C=O) groups excluding carboxylic acids is 2. The second-order valence-electron chi connectivity index (χ2n) is 9.86. The highest BCUT2D eigenvalue weighted by molar-refractivity contribution is 7.93. The minimum absolute atomic E-state index is 0.101. The summed E-state index contributed by atoms with van der Waals surface area (Å²) in [6.07, 6.45) is -6.09. The Hall–Kier alpha value is -3.19. The topological polar surface area (TPSA) is 127 Å². The number of alkyl halides is 3. The zero-order valence-corrected chi connectivity index (χ0v) is 22.0. The maximum Gasteiger partial charge on any atom is 0.423 e. The van der Waals surface area contributed by atoms with Crippen molar-refractivity contribution in [3.63, 3.8) is 0 Å². The van der Waals surface area contributed by atoms with E-state index >= 15 is 0 Å². The number of halogens is 3. The van der Waals surface area contributed by atoms with Gasteiger partial charge in [0.15, 0.2) is 0 Å². The molecule has 208 valence electrons. The molecule has 0 fully saturated rings. The fourth-order valence-corrected chi connectivity index (χ4v) is 5.66. The molecule has 2 amide bonds. The van der Waals surface area contributed by atoms with Crippen LogP contribution in [-0.2, 0) is 31.5 Å². The van der Waals surface area contributed by atoms with Crippen LogP contribution in [0.3, 0.4) is 0 Å². The van der Waals surface area contributed by atoms with Gasteiger partial charge in [0.2, 0.25) is 5.60 Å². The SMILES string of the molecule is CC(C)(C)OC(=O)N[C@H]1CCS(=O)(CCC(O)(c2ccc(OCc3ccccc3)cn2)C(F)(F)F)=NC1=O. The van der Waals surface area contributed by atoms with Crippen molar-refractivity contribution < 1.29 is 41.5 Å². The molecule has 2 unspecified atom stereocenters. The minimum atomic E-state index is -5.15. The largest absolute Gasteiger partial charge is 0.487 e. The number of pyridine rings is 1. The van der Waals surface area contributed by atoms with Crippen LogP contribution in [0.5, 0.6) is 5.75 Å². The van der Waals surface area contributed by atoms with Gasteiger partial charge in [-0.3, -0.25) is 9.78 Å². The van der Waals surface area contributed by atoms with Crippen molar-refractivity contribution in [3.8, 4) is 5.75 Å². The van der Waals surface area contributed by atoms with Gasteiger partial charge < -0.3 is 19.9 Å². The molecule has 0 bridgehead atoms. The predicted octanol–water partition coefficient (Wildman–Crippen LogP) is 4.09. The minimum Gasteiger partial charge on any atom is -0.487 e. The molecule has 2 N–H and O–H groups in total. The third kappa shape index (κ3) is 7.67. The van der Waals surface area contributed by atoms with Crippen molar-refractivity contribution in [3.05, 3.63) is 59.9 Å². The van der Waals surface area contributed by atoms with Crippen LogP contribution in [0.2, 0.25) is 0 Å². The first-order valence-corrected chi connectivity index (χ1v) is 13.6. The Bertz CT molecular complexity index is 1260. The van der Waals surface area contributed by atoms with Crippen molar-refractivity contribution in [1.82, 2.24) is 10.3 Å². The molecule has 2 heterocycles. The maximum atomic E-state index is 14.0. The van der Waals surface area contributed by atoms with Crippen LogP contribution in [0, 0.1) is 0 Å². The van der Waals surface area contributed by atoms with Gasteiger partial charge in [0.1, 0.15) is 24.0 Å². The Morgan fingerprint density at radius 1 is 1.16 bits per heavy atom. The molecule has 0 saturated carbocycles. The first-order valence-electron chi connectivity index (χ1n) is 11.8. The summed E-state index contributed by atoms with van der Waals surface area (Å²) in [7, 11) is -3.42. The molecule has 9 nitrogen and oxygen atoms in total. The Morgan fingerprint density at radius 3 is 2.39 bits per heavy atom. The van der Waals surface area contributed by atoms with Crippen LogP contribution in [-0.4, -0.2) is 55.6 Å². The molecule has 1 aliphatic rings. The lowest BCUT2D eigenvalue weighted by Crippen LogP contribution is -2.47. The van der Waals surface area contributed by atoms with Crippen molar-refractivity contribution >= 4 is 21.7 Å². The zero-order valence-electron chi connectivity index (χ0n) is 21.2. The summed E-state index contributed by atoms with van der Waals surface area (Å²) in [4.78, 5) is 28.1. The number of hydrogen-bond donors (Lipinski definition) is 2. The lowest BCUT2D eigenvalue weighted by atomic mass is 9.95. The van der Waals surface area contributed by atoms with Crippen LogP contribution >= 0.6 is 0 Å². The number of aliphatic hydroxyl groups is 1. The van der Waals surface area contributed by atoms with E-state index in [0.29, 0.717) is 0 Å². The van der Waals surface area contributed by atoms with E-state index in [1.54, 1.807) is 20.8 Å². The number of rotatable bonds is 8. The van der Waals surface area contributed by atoms with Crippen LogP contribution in [0.1, 0.15) is 44.9 Å². The first kappa shape index (κ1) is 29.4. The monoisotopic (exact) mass is 557 g/mol. The molecule has 0 spiro atoms. The molecular formula is C25H30F3N3O6S. The number of carbonyl (C=O) groups is 2. The molecule has 38 heavy (non-hydrogen) atoms. The molecule has 13 heteroatoms.